The average molecular weight is 402 g/mol. The van der Waals surface area contributed by atoms with Gasteiger partial charge in [0.25, 0.3) is 5.70 Å². The number of carbonyl (C=O) groups excluding carboxylic acids is 1. The molecule has 144 valence electrons. The molecule has 2 rings (SSSR count). The minimum absolute atomic E-state index is 0.0228. The highest BCUT2D eigenvalue weighted by Gasteiger charge is 2.18. The second-order valence-electron chi connectivity index (χ2n) is 5.61. The highest BCUT2D eigenvalue weighted by atomic mass is 35.5. The summed E-state index contributed by atoms with van der Waals surface area (Å²) in [4.78, 5) is 26.6. The van der Waals surface area contributed by atoms with Gasteiger partial charge in [0.1, 0.15) is 18.2 Å². The first-order chi connectivity index (χ1) is 13.3. The first-order valence-corrected chi connectivity index (χ1v) is 8.48. The third-order valence-corrected chi connectivity index (χ3v) is 3.66. The predicted octanol–water partition coefficient (Wildman–Crippen LogP) is 2.78. The Bertz CT molecular complexity index is 979. The van der Waals surface area contributed by atoms with Crippen LogP contribution in [0.1, 0.15) is 23.0 Å². The number of rotatable bonds is 5. The molecule has 10 heteroatoms. The second-order valence-corrected chi connectivity index (χ2v) is 6.04. The largest absolute Gasteiger partial charge is 0.462 e. The van der Waals surface area contributed by atoms with Crippen molar-refractivity contribution in [1.82, 2.24) is 9.78 Å². The SMILES string of the molecule is C=C1/C=C(Cl)\C=N/C/C([N+](=O)[O-])=C\C(Cn2cc(C(=O)OCC)c(C#N)n2)=C/1. The molecule has 1 aliphatic heterocycles. The molecule has 28 heavy (non-hydrogen) atoms. The molecular weight excluding hydrogens is 386 g/mol. The van der Waals surface area contributed by atoms with Gasteiger partial charge in [0.2, 0.25) is 0 Å². The summed E-state index contributed by atoms with van der Waals surface area (Å²) in [7, 11) is 0. The van der Waals surface area contributed by atoms with E-state index in [9.17, 15) is 20.2 Å². The maximum absolute atomic E-state index is 11.9. The molecule has 0 saturated carbocycles. The number of nitrogens with zero attached hydrogens (tertiary/aromatic N) is 5. The lowest BCUT2D eigenvalue weighted by molar-refractivity contribution is -0.425. The van der Waals surface area contributed by atoms with Gasteiger partial charge < -0.3 is 4.74 Å². The van der Waals surface area contributed by atoms with Crippen LogP contribution in [0.4, 0.5) is 0 Å². The number of allylic oxidation sites excluding steroid dienone is 6. The fourth-order valence-electron chi connectivity index (χ4n) is 2.35. The molecule has 1 aliphatic rings. The van der Waals surface area contributed by atoms with E-state index in [0.29, 0.717) is 11.1 Å². The Hall–Kier alpha value is -3.51. The zero-order valence-electron chi connectivity index (χ0n) is 15.0. The first-order valence-electron chi connectivity index (χ1n) is 8.10. The molecule has 0 amide bonds. The van der Waals surface area contributed by atoms with Gasteiger partial charge in [-0.05, 0) is 24.1 Å². The van der Waals surface area contributed by atoms with Crippen molar-refractivity contribution in [1.29, 1.82) is 5.26 Å². The molecule has 0 aromatic carbocycles. The van der Waals surface area contributed by atoms with Gasteiger partial charge in [0.05, 0.1) is 23.1 Å². The summed E-state index contributed by atoms with van der Waals surface area (Å²) < 4.78 is 6.24. The summed E-state index contributed by atoms with van der Waals surface area (Å²) in [6.07, 6.45) is 7.20. The van der Waals surface area contributed by atoms with E-state index < -0.39 is 10.9 Å². The van der Waals surface area contributed by atoms with Crippen LogP contribution in [0, 0.1) is 21.4 Å². The Labute approximate surface area is 165 Å². The van der Waals surface area contributed by atoms with E-state index in [2.05, 4.69) is 16.7 Å². The van der Waals surface area contributed by atoms with E-state index >= 15 is 0 Å². The third kappa shape index (κ3) is 5.49. The molecule has 0 bridgehead atoms. The zero-order valence-corrected chi connectivity index (χ0v) is 15.7. The number of esters is 1. The lowest BCUT2D eigenvalue weighted by Crippen LogP contribution is -2.07. The lowest BCUT2D eigenvalue weighted by Gasteiger charge is -2.06. The normalized spacial score (nSPS) is 21.2. The lowest BCUT2D eigenvalue weighted by atomic mass is 10.1. The predicted molar refractivity (Wildman–Crippen MR) is 102 cm³/mol. The first kappa shape index (κ1) is 20.8. The van der Waals surface area contributed by atoms with E-state index in [4.69, 9.17) is 16.3 Å². The van der Waals surface area contributed by atoms with Gasteiger partial charge in [-0.2, -0.15) is 10.4 Å². The average Bonchev–Trinajstić information content (AvgIpc) is 3.03. The van der Waals surface area contributed by atoms with Crippen molar-refractivity contribution < 1.29 is 14.5 Å². The van der Waals surface area contributed by atoms with Crippen molar-refractivity contribution in [2.45, 2.75) is 13.5 Å². The van der Waals surface area contributed by atoms with Crippen LogP contribution in [-0.2, 0) is 11.3 Å². The van der Waals surface area contributed by atoms with Crippen LogP contribution in [-0.4, -0.2) is 40.0 Å². The van der Waals surface area contributed by atoms with Gasteiger partial charge in [0.15, 0.2) is 5.69 Å². The maximum atomic E-state index is 11.9. The molecule has 0 fully saturated rings. The Morgan fingerprint density at radius 3 is 2.89 bits per heavy atom. The fourth-order valence-corrected chi connectivity index (χ4v) is 2.56. The molecule has 0 radical (unpaired) electrons. The fraction of sp³-hybridized carbons (Fsp3) is 0.222. The van der Waals surface area contributed by atoms with E-state index in [1.807, 2.05) is 6.07 Å². The Balaban J connectivity index is 2.43. The number of nitro groups is 1. The van der Waals surface area contributed by atoms with Crippen molar-refractivity contribution in [3.8, 4) is 6.07 Å². The molecule has 0 atom stereocenters. The van der Waals surface area contributed by atoms with Crippen LogP contribution >= 0.6 is 11.6 Å². The van der Waals surface area contributed by atoms with Crippen molar-refractivity contribution in [3.63, 3.8) is 0 Å². The highest BCUT2D eigenvalue weighted by Crippen LogP contribution is 2.16. The zero-order chi connectivity index (χ0) is 20.7. The van der Waals surface area contributed by atoms with Gasteiger partial charge in [-0.1, -0.05) is 24.3 Å². The van der Waals surface area contributed by atoms with Gasteiger partial charge in [-0.15, -0.1) is 0 Å². The van der Waals surface area contributed by atoms with Gasteiger partial charge in [-0.3, -0.25) is 19.8 Å². The van der Waals surface area contributed by atoms with Crippen LogP contribution < -0.4 is 0 Å². The second kappa shape index (κ2) is 9.43. The third-order valence-electron chi connectivity index (χ3n) is 3.46. The number of carbonyl (C=O) groups is 1. The van der Waals surface area contributed by atoms with Gasteiger partial charge >= 0.3 is 5.97 Å². The van der Waals surface area contributed by atoms with Crippen LogP contribution in [0.25, 0.3) is 0 Å². The molecular formula is C18H16ClN5O4. The number of hydrogen-bond acceptors (Lipinski definition) is 7. The van der Waals surface area contributed by atoms with Gasteiger partial charge in [-0.25, -0.2) is 4.79 Å². The monoisotopic (exact) mass is 401 g/mol. The van der Waals surface area contributed by atoms with Crippen LogP contribution in [0.2, 0.25) is 0 Å². The molecule has 0 unspecified atom stereocenters. The number of hydrogen-bond donors (Lipinski definition) is 0. The van der Waals surface area contributed by atoms with E-state index in [1.54, 1.807) is 19.1 Å². The number of nitriles is 1. The summed E-state index contributed by atoms with van der Waals surface area (Å²) in [5.74, 6) is -0.666. The Morgan fingerprint density at radius 2 is 2.25 bits per heavy atom. The van der Waals surface area contributed by atoms with Crippen LogP contribution in [0.15, 0.2) is 57.9 Å². The Kier molecular flexibility index (Phi) is 7.01. The number of aliphatic imine (C=N–C) groups is 1. The molecule has 9 nitrogen and oxygen atoms in total. The number of ether oxygens (including phenoxy) is 1. The summed E-state index contributed by atoms with van der Waals surface area (Å²) in [6.45, 7) is 5.53. The molecule has 1 aromatic heterocycles. The minimum Gasteiger partial charge on any atom is -0.462 e. The quantitative estimate of drug-likeness (QED) is 0.424. The van der Waals surface area contributed by atoms with E-state index in [0.717, 1.165) is 0 Å². The van der Waals surface area contributed by atoms with Crippen LogP contribution in [0.5, 0.6) is 0 Å². The molecule has 2 heterocycles. The Morgan fingerprint density at radius 1 is 1.50 bits per heavy atom. The number of halogens is 1. The van der Waals surface area contributed by atoms with Crippen molar-refractivity contribution in [2.24, 2.45) is 4.99 Å². The van der Waals surface area contributed by atoms with Crippen molar-refractivity contribution >= 4 is 23.8 Å². The summed E-state index contributed by atoms with van der Waals surface area (Å²) in [5.41, 5.74) is 0.737. The van der Waals surface area contributed by atoms with Gasteiger partial charge in [0, 0.05) is 18.5 Å². The van der Waals surface area contributed by atoms with Crippen LogP contribution in [0.3, 0.4) is 0 Å². The molecule has 0 saturated heterocycles. The summed E-state index contributed by atoms with van der Waals surface area (Å²) in [5, 5.41) is 24.8. The van der Waals surface area contributed by atoms with Crippen molar-refractivity contribution in [2.75, 3.05) is 13.2 Å². The standard InChI is InChI=1S/C18H16ClN5O4/c1-3-28-18(25)16-11-23(22-17(16)7-20)10-13-4-12(2)5-14(19)8-21-9-15(6-13)24(26)27/h4-6,8,11H,2-3,9-10H2,1H3/b13-4+,14-5+,15-6+,21-8-. The molecule has 1 aromatic rings. The number of aromatic nitrogens is 2. The maximum Gasteiger partial charge on any atom is 0.342 e. The van der Waals surface area contributed by atoms with E-state index in [1.165, 1.54) is 23.2 Å². The molecule has 0 spiro atoms. The minimum atomic E-state index is -0.666. The van der Waals surface area contributed by atoms with E-state index in [-0.39, 0.29) is 41.7 Å². The highest BCUT2D eigenvalue weighted by molar-refractivity contribution is 6.39. The molecule has 0 aliphatic carbocycles. The smallest absolute Gasteiger partial charge is 0.342 e. The van der Waals surface area contributed by atoms with Crippen molar-refractivity contribution in [3.05, 3.63) is 74.3 Å². The summed E-state index contributed by atoms with van der Waals surface area (Å²) in [6, 6.07) is 1.84. The summed E-state index contributed by atoms with van der Waals surface area (Å²) >= 11 is 5.98. The molecule has 0 N–H and O–H groups in total. The topological polar surface area (TPSA) is 123 Å².